The predicted octanol–water partition coefficient (Wildman–Crippen LogP) is 4.23. The highest BCUT2D eigenvalue weighted by Crippen LogP contribution is 2.20. The Hall–Kier alpha value is -3.54. The fraction of sp³-hybridized carbons (Fsp3) is 0.217. The minimum absolute atomic E-state index is 0.158. The number of rotatable bonds is 5. The van der Waals surface area contributed by atoms with Gasteiger partial charge in [-0.2, -0.15) is 0 Å². The minimum Gasteiger partial charge on any atom is -0.294 e. The van der Waals surface area contributed by atoms with Crippen LogP contribution in [-0.2, 0) is 12.8 Å². The average Bonchev–Trinajstić information content (AvgIpc) is 2.71. The molecule has 0 aliphatic carbocycles. The minimum atomic E-state index is -0.158. The quantitative estimate of drug-likeness (QED) is 0.537. The number of nitrogens with one attached hydrogen (secondary N) is 2. The van der Waals surface area contributed by atoms with Crippen LogP contribution in [0.3, 0.4) is 0 Å². The molecule has 2 heterocycles. The molecule has 0 saturated heterocycles. The van der Waals surface area contributed by atoms with Crippen LogP contribution in [0.5, 0.6) is 0 Å². The van der Waals surface area contributed by atoms with Gasteiger partial charge >= 0.3 is 0 Å². The van der Waals surface area contributed by atoms with Gasteiger partial charge in [-0.1, -0.05) is 43.3 Å². The smallest absolute Gasteiger partial charge is 0.256 e. The normalized spacial score (nSPS) is 11.0. The van der Waals surface area contributed by atoms with Crippen LogP contribution in [0.15, 0.2) is 53.3 Å². The summed E-state index contributed by atoms with van der Waals surface area (Å²) in [7, 11) is 0. The van der Waals surface area contributed by atoms with Gasteiger partial charge in [-0.3, -0.25) is 15.1 Å². The number of H-pyrrole nitrogens is 1. The van der Waals surface area contributed by atoms with Crippen molar-refractivity contribution in [2.24, 2.45) is 0 Å². The van der Waals surface area contributed by atoms with Gasteiger partial charge < -0.3 is 0 Å². The third kappa shape index (κ3) is 4.01. The van der Waals surface area contributed by atoms with E-state index in [0.717, 1.165) is 28.6 Å². The van der Waals surface area contributed by atoms with Crippen molar-refractivity contribution in [3.8, 4) is 0 Å². The van der Waals surface area contributed by atoms with Crippen LogP contribution < -0.4 is 10.9 Å². The third-order valence-electron chi connectivity index (χ3n) is 5.04. The number of fused-ring (bicyclic) bond motifs is 1. The number of aryl methyl sites for hydroxylation is 3. The number of nitrogens with zero attached hydrogens (tertiary/aromatic N) is 3. The second kappa shape index (κ2) is 7.83. The number of aromatic nitrogens is 4. The van der Waals surface area contributed by atoms with Gasteiger partial charge in [-0.25, -0.2) is 15.0 Å². The molecule has 29 heavy (non-hydrogen) atoms. The summed E-state index contributed by atoms with van der Waals surface area (Å²) in [5.74, 6) is 0.755. The highest BCUT2D eigenvalue weighted by Gasteiger charge is 2.11. The lowest BCUT2D eigenvalue weighted by atomic mass is 10.1. The largest absolute Gasteiger partial charge is 0.294 e. The number of benzene rings is 2. The monoisotopic (exact) mass is 385 g/mol. The van der Waals surface area contributed by atoms with E-state index in [1.54, 1.807) is 0 Å². The molecule has 0 fully saturated rings. The second-order valence-corrected chi connectivity index (χ2v) is 7.10. The number of hydrogen-bond donors (Lipinski definition) is 2. The van der Waals surface area contributed by atoms with Crippen molar-refractivity contribution in [1.29, 1.82) is 0 Å². The van der Waals surface area contributed by atoms with Crippen molar-refractivity contribution >= 4 is 22.8 Å². The molecule has 4 rings (SSSR count). The molecule has 0 aliphatic heterocycles. The van der Waals surface area contributed by atoms with Gasteiger partial charge in [0, 0.05) is 17.4 Å². The molecule has 0 unspecified atom stereocenters. The summed E-state index contributed by atoms with van der Waals surface area (Å²) in [6, 6.07) is 16.1. The van der Waals surface area contributed by atoms with E-state index in [1.165, 1.54) is 5.56 Å². The summed E-state index contributed by atoms with van der Waals surface area (Å²) in [6.07, 6.45) is 1.51. The third-order valence-corrected chi connectivity index (χ3v) is 5.04. The predicted molar refractivity (Wildman–Crippen MR) is 116 cm³/mol. The van der Waals surface area contributed by atoms with E-state index >= 15 is 0 Å². The summed E-state index contributed by atoms with van der Waals surface area (Å²) in [6.45, 7) is 5.93. The van der Waals surface area contributed by atoms with Crippen molar-refractivity contribution in [2.75, 3.05) is 5.32 Å². The maximum atomic E-state index is 12.6. The van der Waals surface area contributed by atoms with Gasteiger partial charge in [0.15, 0.2) is 0 Å². The zero-order valence-electron chi connectivity index (χ0n) is 16.8. The van der Waals surface area contributed by atoms with Gasteiger partial charge in [0.2, 0.25) is 11.9 Å². The lowest BCUT2D eigenvalue weighted by Gasteiger charge is -2.10. The number of hydrogen-bond acceptors (Lipinski definition) is 5. The summed E-state index contributed by atoms with van der Waals surface area (Å²) in [5.41, 5.74) is 5.25. The molecule has 0 atom stereocenters. The Morgan fingerprint density at radius 2 is 1.72 bits per heavy atom. The van der Waals surface area contributed by atoms with Crippen LogP contribution >= 0.6 is 0 Å². The molecule has 0 spiro atoms. The zero-order valence-corrected chi connectivity index (χ0v) is 16.8. The van der Waals surface area contributed by atoms with Crippen LogP contribution in [-0.4, -0.2) is 19.9 Å². The Kier molecular flexibility index (Phi) is 5.08. The number of aromatic amines is 1. The Morgan fingerprint density at radius 1 is 0.931 bits per heavy atom. The standard InChI is InChI=1S/C23H23N5O/c1-4-16-10-11-20-18(12-16)14(2)24-22(26-20)28-23-25-15(3)19(21(29)27-23)13-17-8-6-5-7-9-17/h5-12H,4,13H2,1-3H3,(H2,24,25,26,27,28,29). The fourth-order valence-electron chi connectivity index (χ4n) is 3.39. The molecule has 0 saturated carbocycles. The van der Waals surface area contributed by atoms with Crippen LogP contribution in [0.1, 0.15) is 35.0 Å². The average molecular weight is 385 g/mol. The van der Waals surface area contributed by atoms with E-state index in [9.17, 15) is 4.79 Å². The highest BCUT2D eigenvalue weighted by molar-refractivity contribution is 5.82. The molecule has 6 heteroatoms. The van der Waals surface area contributed by atoms with E-state index < -0.39 is 0 Å². The molecule has 2 aromatic carbocycles. The van der Waals surface area contributed by atoms with Gasteiger partial charge in [0.05, 0.1) is 16.9 Å². The molecule has 0 bridgehead atoms. The molecule has 0 aliphatic rings. The zero-order chi connectivity index (χ0) is 20.4. The Morgan fingerprint density at radius 3 is 2.45 bits per heavy atom. The first-order valence-corrected chi connectivity index (χ1v) is 9.71. The molecule has 2 aromatic heterocycles. The molecular formula is C23H23N5O. The van der Waals surface area contributed by atoms with Gasteiger partial charge in [0.1, 0.15) is 0 Å². The molecule has 2 N–H and O–H groups in total. The first kappa shape index (κ1) is 18.8. The SMILES string of the molecule is CCc1ccc2nc(Nc3nc(C)c(Cc4ccccc4)c(=O)[nH]3)nc(C)c2c1. The van der Waals surface area contributed by atoms with E-state index in [0.29, 0.717) is 29.6 Å². The highest BCUT2D eigenvalue weighted by atomic mass is 16.1. The lowest BCUT2D eigenvalue weighted by molar-refractivity contribution is 0.978. The van der Waals surface area contributed by atoms with Crippen LogP contribution in [0.25, 0.3) is 10.9 Å². The van der Waals surface area contributed by atoms with E-state index in [2.05, 4.69) is 44.3 Å². The molecule has 146 valence electrons. The molecular weight excluding hydrogens is 362 g/mol. The van der Waals surface area contributed by atoms with Crippen molar-refractivity contribution in [3.63, 3.8) is 0 Å². The second-order valence-electron chi connectivity index (χ2n) is 7.10. The Labute approximate surface area is 169 Å². The molecule has 0 amide bonds. The summed E-state index contributed by atoms with van der Waals surface area (Å²) >= 11 is 0. The van der Waals surface area contributed by atoms with E-state index in [1.807, 2.05) is 50.2 Å². The Balaban J connectivity index is 1.63. The molecule has 6 nitrogen and oxygen atoms in total. The van der Waals surface area contributed by atoms with Crippen LogP contribution in [0, 0.1) is 13.8 Å². The maximum absolute atomic E-state index is 12.6. The lowest BCUT2D eigenvalue weighted by Crippen LogP contribution is -2.19. The summed E-state index contributed by atoms with van der Waals surface area (Å²) in [4.78, 5) is 29.1. The molecule has 4 aromatic rings. The van der Waals surface area contributed by atoms with Crippen molar-refractivity contribution in [1.82, 2.24) is 19.9 Å². The van der Waals surface area contributed by atoms with Crippen molar-refractivity contribution in [2.45, 2.75) is 33.6 Å². The number of anilines is 2. The first-order chi connectivity index (χ1) is 14.0. The van der Waals surface area contributed by atoms with Crippen molar-refractivity contribution < 1.29 is 0 Å². The summed E-state index contributed by atoms with van der Waals surface area (Å²) in [5, 5.41) is 4.08. The Bertz CT molecular complexity index is 1230. The first-order valence-electron chi connectivity index (χ1n) is 9.71. The summed E-state index contributed by atoms with van der Waals surface area (Å²) < 4.78 is 0. The fourth-order valence-corrected chi connectivity index (χ4v) is 3.39. The topological polar surface area (TPSA) is 83.6 Å². The van der Waals surface area contributed by atoms with Gasteiger partial charge in [0.25, 0.3) is 5.56 Å². The van der Waals surface area contributed by atoms with Crippen molar-refractivity contribution in [3.05, 3.63) is 87.0 Å². The van der Waals surface area contributed by atoms with Gasteiger partial charge in [-0.05, 0) is 43.5 Å². The van der Waals surface area contributed by atoms with Crippen LogP contribution in [0.2, 0.25) is 0 Å². The van der Waals surface area contributed by atoms with Gasteiger partial charge in [-0.15, -0.1) is 0 Å². The van der Waals surface area contributed by atoms with E-state index in [-0.39, 0.29) is 5.56 Å². The molecule has 0 radical (unpaired) electrons. The van der Waals surface area contributed by atoms with Crippen LogP contribution in [0.4, 0.5) is 11.9 Å². The maximum Gasteiger partial charge on any atom is 0.256 e. The van der Waals surface area contributed by atoms with E-state index in [4.69, 9.17) is 0 Å².